The molecule has 1 heterocycles. The van der Waals surface area contributed by atoms with Crippen molar-refractivity contribution in [2.75, 3.05) is 59.4 Å². The summed E-state index contributed by atoms with van der Waals surface area (Å²) in [5, 5.41) is 6.87. The molecule has 144 valence electrons. The number of allylic oxidation sites excluding steroid dienone is 1. The largest absolute Gasteiger partial charge is 0.357 e. The molecule has 0 spiro atoms. The molecule has 2 rings (SSSR count). The lowest BCUT2D eigenvalue weighted by Crippen LogP contribution is -2.38. The zero-order valence-corrected chi connectivity index (χ0v) is 16.5. The predicted octanol–water partition coefficient (Wildman–Crippen LogP) is 2.46. The summed E-state index contributed by atoms with van der Waals surface area (Å²) in [4.78, 5) is 9.79. The Bertz CT molecular complexity index is 418. The SMILES string of the molecule is CCNC(=NCCCN1CCCN(C)CC1)NCCC1=CCCCC1. The van der Waals surface area contributed by atoms with E-state index in [0.717, 1.165) is 38.4 Å². The van der Waals surface area contributed by atoms with E-state index in [9.17, 15) is 0 Å². The highest BCUT2D eigenvalue weighted by Gasteiger charge is 2.11. The van der Waals surface area contributed by atoms with Gasteiger partial charge in [0, 0.05) is 32.7 Å². The first-order valence-corrected chi connectivity index (χ1v) is 10.4. The Morgan fingerprint density at radius 3 is 2.84 bits per heavy atom. The van der Waals surface area contributed by atoms with Crippen LogP contribution in [0.15, 0.2) is 16.6 Å². The van der Waals surface area contributed by atoms with Crippen molar-refractivity contribution >= 4 is 5.96 Å². The van der Waals surface area contributed by atoms with Crippen LogP contribution in [-0.4, -0.2) is 75.2 Å². The first-order chi connectivity index (χ1) is 12.3. The van der Waals surface area contributed by atoms with Gasteiger partial charge in [-0.25, -0.2) is 0 Å². The Kier molecular flexibility index (Phi) is 9.97. The summed E-state index contributed by atoms with van der Waals surface area (Å²) in [7, 11) is 2.23. The summed E-state index contributed by atoms with van der Waals surface area (Å²) in [6, 6.07) is 0. The molecule has 1 aliphatic carbocycles. The molecule has 0 bridgehead atoms. The predicted molar refractivity (Wildman–Crippen MR) is 108 cm³/mol. The first kappa shape index (κ1) is 20.2. The van der Waals surface area contributed by atoms with Crippen molar-refractivity contribution in [1.29, 1.82) is 0 Å². The van der Waals surface area contributed by atoms with Crippen molar-refractivity contribution in [1.82, 2.24) is 20.4 Å². The average molecular weight is 350 g/mol. The van der Waals surface area contributed by atoms with Crippen LogP contribution >= 0.6 is 0 Å². The number of likely N-dealkylation sites (N-methyl/N-ethyl adjacent to an activating group) is 1. The number of aliphatic imine (C=N–C) groups is 1. The third-order valence-corrected chi connectivity index (χ3v) is 5.18. The molecule has 0 atom stereocenters. The van der Waals surface area contributed by atoms with Crippen LogP contribution < -0.4 is 10.6 Å². The first-order valence-electron chi connectivity index (χ1n) is 10.4. The van der Waals surface area contributed by atoms with Crippen LogP contribution in [0.2, 0.25) is 0 Å². The fourth-order valence-electron chi connectivity index (χ4n) is 3.62. The van der Waals surface area contributed by atoms with Gasteiger partial charge in [-0.05, 0) is 78.6 Å². The number of hydrogen-bond donors (Lipinski definition) is 2. The molecule has 1 aliphatic heterocycles. The molecule has 25 heavy (non-hydrogen) atoms. The summed E-state index contributed by atoms with van der Waals surface area (Å²) >= 11 is 0. The van der Waals surface area contributed by atoms with Crippen molar-refractivity contribution in [3.8, 4) is 0 Å². The molecule has 0 saturated carbocycles. The van der Waals surface area contributed by atoms with Crippen molar-refractivity contribution in [2.45, 2.75) is 51.9 Å². The van der Waals surface area contributed by atoms with E-state index in [1.54, 1.807) is 5.57 Å². The molecule has 0 amide bonds. The number of rotatable bonds is 8. The van der Waals surface area contributed by atoms with E-state index >= 15 is 0 Å². The smallest absolute Gasteiger partial charge is 0.191 e. The lowest BCUT2D eigenvalue weighted by atomic mass is 9.97. The Morgan fingerprint density at radius 1 is 1.12 bits per heavy atom. The fraction of sp³-hybridized carbons (Fsp3) is 0.850. The van der Waals surface area contributed by atoms with E-state index in [1.165, 1.54) is 64.8 Å². The number of nitrogens with zero attached hydrogens (tertiary/aromatic N) is 3. The quantitative estimate of drug-likeness (QED) is 0.306. The summed E-state index contributed by atoms with van der Waals surface area (Å²) in [6.07, 6.45) is 11.3. The minimum Gasteiger partial charge on any atom is -0.357 e. The lowest BCUT2D eigenvalue weighted by Gasteiger charge is -2.19. The fourth-order valence-corrected chi connectivity index (χ4v) is 3.62. The van der Waals surface area contributed by atoms with Gasteiger partial charge in [-0.2, -0.15) is 0 Å². The highest BCUT2D eigenvalue weighted by atomic mass is 15.2. The minimum absolute atomic E-state index is 0.907. The highest BCUT2D eigenvalue weighted by molar-refractivity contribution is 5.79. The maximum absolute atomic E-state index is 4.76. The summed E-state index contributed by atoms with van der Waals surface area (Å²) in [6.45, 7) is 11.0. The van der Waals surface area contributed by atoms with Gasteiger partial charge < -0.3 is 20.4 Å². The van der Waals surface area contributed by atoms with Crippen LogP contribution in [0.25, 0.3) is 0 Å². The van der Waals surface area contributed by atoms with E-state index in [-0.39, 0.29) is 0 Å². The number of nitrogens with one attached hydrogen (secondary N) is 2. The van der Waals surface area contributed by atoms with Crippen LogP contribution in [0.3, 0.4) is 0 Å². The van der Waals surface area contributed by atoms with E-state index < -0.39 is 0 Å². The van der Waals surface area contributed by atoms with Crippen molar-refractivity contribution in [3.05, 3.63) is 11.6 Å². The van der Waals surface area contributed by atoms with Gasteiger partial charge in [0.1, 0.15) is 0 Å². The van der Waals surface area contributed by atoms with E-state index in [1.807, 2.05) is 0 Å². The van der Waals surface area contributed by atoms with E-state index in [2.05, 4.69) is 40.5 Å². The maximum atomic E-state index is 4.76. The van der Waals surface area contributed by atoms with Crippen molar-refractivity contribution < 1.29 is 0 Å². The molecular weight excluding hydrogens is 310 g/mol. The molecule has 2 aliphatic rings. The van der Waals surface area contributed by atoms with Gasteiger partial charge in [-0.1, -0.05) is 11.6 Å². The van der Waals surface area contributed by atoms with E-state index in [0.29, 0.717) is 0 Å². The Morgan fingerprint density at radius 2 is 2.04 bits per heavy atom. The van der Waals surface area contributed by atoms with Crippen LogP contribution in [-0.2, 0) is 0 Å². The normalized spacial score (nSPS) is 20.9. The van der Waals surface area contributed by atoms with Gasteiger partial charge in [-0.3, -0.25) is 4.99 Å². The van der Waals surface area contributed by atoms with Gasteiger partial charge >= 0.3 is 0 Å². The van der Waals surface area contributed by atoms with E-state index in [4.69, 9.17) is 4.99 Å². The Hall–Kier alpha value is -1.07. The Balaban J connectivity index is 1.63. The molecule has 2 N–H and O–H groups in total. The molecule has 0 radical (unpaired) electrons. The monoisotopic (exact) mass is 349 g/mol. The third-order valence-electron chi connectivity index (χ3n) is 5.18. The summed E-state index contributed by atoms with van der Waals surface area (Å²) in [5.41, 5.74) is 1.63. The van der Waals surface area contributed by atoms with Gasteiger partial charge in [-0.15, -0.1) is 0 Å². The maximum Gasteiger partial charge on any atom is 0.191 e. The van der Waals surface area contributed by atoms with Crippen molar-refractivity contribution in [3.63, 3.8) is 0 Å². The highest BCUT2D eigenvalue weighted by Crippen LogP contribution is 2.19. The topological polar surface area (TPSA) is 42.9 Å². The standard InChI is InChI=1S/C20H39N5/c1-3-21-20(23-13-11-19-9-5-4-6-10-19)22-12-7-15-25-16-8-14-24(2)17-18-25/h9H,3-8,10-18H2,1-2H3,(H2,21,22,23). The average Bonchev–Trinajstić information content (AvgIpc) is 2.84. The molecule has 0 aromatic heterocycles. The lowest BCUT2D eigenvalue weighted by molar-refractivity contribution is 0.275. The van der Waals surface area contributed by atoms with Gasteiger partial charge in [0.25, 0.3) is 0 Å². The van der Waals surface area contributed by atoms with Gasteiger partial charge in [0.15, 0.2) is 5.96 Å². The molecule has 1 fully saturated rings. The molecule has 0 unspecified atom stereocenters. The molecule has 5 nitrogen and oxygen atoms in total. The third kappa shape index (κ3) is 8.73. The second-order valence-corrected chi connectivity index (χ2v) is 7.40. The number of hydrogen-bond acceptors (Lipinski definition) is 3. The molecule has 5 heteroatoms. The second-order valence-electron chi connectivity index (χ2n) is 7.40. The van der Waals surface area contributed by atoms with Crippen molar-refractivity contribution in [2.24, 2.45) is 4.99 Å². The van der Waals surface area contributed by atoms with Crippen LogP contribution in [0.1, 0.15) is 51.9 Å². The second kappa shape index (κ2) is 12.3. The summed E-state index contributed by atoms with van der Waals surface area (Å²) in [5.74, 6) is 0.981. The van der Waals surface area contributed by atoms with Crippen LogP contribution in [0, 0.1) is 0 Å². The van der Waals surface area contributed by atoms with Gasteiger partial charge in [0.05, 0.1) is 0 Å². The molecule has 0 aromatic carbocycles. The molecular formula is C20H39N5. The summed E-state index contributed by atoms with van der Waals surface area (Å²) < 4.78 is 0. The van der Waals surface area contributed by atoms with Gasteiger partial charge in [0.2, 0.25) is 0 Å². The van der Waals surface area contributed by atoms with Crippen LogP contribution in [0.4, 0.5) is 0 Å². The molecule has 1 saturated heterocycles. The zero-order chi connectivity index (χ0) is 17.7. The minimum atomic E-state index is 0.907. The zero-order valence-electron chi connectivity index (χ0n) is 16.5. The number of guanidine groups is 1. The Labute approximate surface area is 154 Å². The van der Waals surface area contributed by atoms with Crippen LogP contribution in [0.5, 0.6) is 0 Å². The molecule has 0 aromatic rings.